The molecule has 0 aliphatic rings. The van der Waals surface area contributed by atoms with Crippen LogP contribution in [0.15, 0.2) is 53.6 Å². The minimum absolute atomic E-state index is 0.0991. The Bertz CT molecular complexity index is 1170. The summed E-state index contributed by atoms with van der Waals surface area (Å²) < 4.78 is 0. The molecule has 4 rings (SSSR count). The van der Waals surface area contributed by atoms with E-state index < -0.39 is 0 Å². The SMILES string of the molecule is Cc1sc2nc(-c3cccnc3)[nH]c(=O)c2c1-c1ccc(C(C)(C)C)cc1. The van der Waals surface area contributed by atoms with Gasteiger partial charge in [-0.1, -0.05) is 45.0 Å². The number of benzene rings is 1. The summed E-state index contributed by atoms with van der Waals surface area (Å²) in [5.41, 5.74) is 4.09. The molecule has 4 aromatic rings. The predicted octanol–water partition coefficient (Wildman–Crippen LogP) is 5.32. The van der Waals surface area contributed by atoms with E-state index >= 15 is 0 Å². The fraction of sp³-hybridized carbons (Fsp3) is 0.227. The van der Waals surface area contributed by atoms with Crippen molar-refractivity contribution in [2.45, 2.75) is 33.1 Å². The van der Waals surface area contributed by atoms with Crippen molar-refractivity contribution in [2.75, 3.05) is 0 Å². The molecule has 3 aromatic heterocycles. The van der Waals surface area contributed by atoms with Crippen LogP contribution in [0.2, 0.25) is 0 Å². The molecular formula is C22H21N3OS. The lowest BCUT2D eigenvalue weighted by atomic mass is 9.86. The predicted molar refractivity (Wildman–Crippen MR) is 112 cm³/mol. The molecule has 1 aromatic carbocycles. The molecule has 4 nitrogen and oxygen atoms in total. The third-order valence-corrected chi connectivity index (χ3v) is 5.71. The van der Waals surface area contributed by atoms with Crippen molar-refractivity contribution >= 4 is 21.6 Å². The Labute approximate surface area is 162 Å². The first kappa shape index (κ1) is 17.6. The zero-order valence-electron chi connectivity index (χ0n) is 15.8. The van der Waals surface area contributed by atoms with Crippen molar-refractivity contribution in [3.8, 4) is 22.5 Å². The number of aromatic nitrogens is 3. The highest BCUT2D eigenvalue weighted by molar-refractivity contribution is 7.19. The second kappa shape index (κ2) is 6.43. The Morgan fingerprint density at radius 3 is 2.41 bits per heavy atom. The largest absolute Gasteiger partial charge is 0.306 e. The standard InChI is InChI=1S/C22H21N3OS/c1-13-17(14-7-9-16(10-8-14)22(2,3)4)18-20(26)24-19(25-21(18)27-13)15-6-5-11-23-12-15/h5-12H,1-4H3,(H,24,25,26). The Morgan fingerprint density at radius 1 is 1.04 bits per heavy atom. The van der Waals surface area contributed by atoms with E-state index in [2.05, 4.69) is 55.0 Å². The van der Waals surface area contributed by atoms with Crippen molar-refractivity contribution in [3.05, 3.63) is 69.6 Å². The van der Waals surface area contributed by atoms with Gasteiger partial charge in [-0.25, -0.2) is 4.98 Å². The summed E-state index contributed by atoms with van der Waals surface area (Å²) in [6.45, 7) is 8.63. The molecule has 0 aliphatic carbocycles. The van der Waals surface area contributed by atoms with Gasteiger partial charge in [-0.3, -0.25) is 9.78 Å². The molecule has 0 fully saturated rings. The van der Waals surface area contributed by atoms with E-state index in [-0.39, 0.29) is 11.0 Å². The Hall–Kier alpha value is -2.79. The number of rotatable bonds is 2. The molecule has 0 radical (unpaired) electrons. The number of aryl methyl sites for hydroxylation is 1. The molecule has 0 saturated carbocycles. The lowest BCUT2D eigenvalue weighted by Crippen LogP contribution is -2.11. The van der Waals surface area contributed by atoms with Gasteiger partial charge in [0.2, 0.25) is 0 Å². The maximum atomic E-state index is 12.9. The van der Waals surface area contributed by atoms with Crippen LogP contribution in [0.5, 0.6) is 0 Å². The highest BCUT2D eigenvalue weighted by Gasteiger charge is 2.18. The molecule has 0 bridgehead atoms. The van der Waals surface area contributed by atoms with Crippen LogP contribution in [-0.2, 0) is 5.41 Å². The van der Waals surface area contributed by atoms with E-state index in [0.717, 1.165) is 26.4 Å². The van der Waals surface area contributed by atoms with Crippen molar-refractivity contribution in [3.63, 3.8) is 0 Å². The van der Waals surface area contributed by atoms with Crippen LogP contribution >= 0.6 is 11.3 Å². The van der Waals surface area contributed by atoms with Crippen LogP contribution in [0, 0.1) is 6.92 Å². The number of pyridine rings is 1. The van der Waals surface area contributed by atoms with Crippen molar-refractivity contribution < 1.29 is 0 Å². The maximum Gasteiger partial charge on any atom is 0.260 e. The average Bonchev–Trinajstić information content (AvgIpc) is 2.98. The summed E-state index contributed by atoms with van der Waals surface area (Å²) in [6, 6.07) is 12.2. The van der Waals surface area contributed by atoms with E-state index in [4.69, 9.17) is 4.98 Å². The van der Waals surface area contributed by atoms with Gasteiger partial charge >= 0.3 is 0 Å². The van der Waals surface area contributed by atoms with Gasteiger partial charge in [0, 0.05) is 28.4 Å². The quantitative estimate of drug-likeness (QED) is 0.516. The van der Waals surface area contributed by atoms with E-state index in [9.17, 15) is 4.79 Å². The first-order valence-corrected chi connectivity index (χ1v) is 9.71. The normalized spacial score (nSPS) is 11.9. The number of nitrogens with zero attached hydrogens (tertiary/aromatic N) is 2. The first-order chi connectivity index (χ1) is 12.8. The molecule has 136 valence electrons. The van der Waals surface area contributed by atoms with Crippen LogP contribution in [-0.4, -0.2) is 15.0 Å². The minimum Gasteiger partial charge on any atom is -0.306 e. The third kappa shape index (κ3) is 3.19. The van der Waals surface area contributed by atoms with Gasteiger partial charge < -0.3 is 4.98 Å². The second-order valence-corrected chi connectivity index (χ2v) is 8.90. The van der Waals surface area contributed by atoms with Crippen LogP contribution in [0.3, 0.4) is 0 Å². The summed E-state index contributed by atoms with van der Waals surface area (Å²) in [6.07, 6.45) is 3.41. The second-order valence-electron chi connectivity index (χ2n) is 7.70. The molecule has 5 heteroatoms. The van der Waals surface area contributed by atoms with E-state index in [1.54, 1.807) is 23.7 Å². The zero-order chi connectivity index (χ0) is 19.2. The number of hydrogen-bond donors (Lipinski definition) is 1. The molecular weight excluding hydrogens is 354 g/mol. The summed E-state index contributed by atoms with van der Waals surface area (Å²) in [7, 11) is 0. The molecule has 0 atom stereocenters. The van der Waals surface area contributed by atoms with Crippen molar-refractivity contribution in [1.29, 1.82) is 0 Å². The van der Waals surface area contributed by atoms with Crippen LogP contribution in [0.1, 0.15) is 31.2 Å². The van der Waals surface area contributed by atoms with Gasteiger partial charge in [0.1, 0.15) is 10.7 Å². The molecule has 3 heterocycles. The van der Waals surface area contributed by atoms with E-state index in [1.807, 2.05) is 19.1 Å². The number of H-pyrrole nitrogens is 1. The third-order valence-electron chi connectivity index (χ3n) is 4.71. The fourth-order valence-electron chi connectivity index (χ4n) is 3.24. The average molecular weight is 375 g/mol. The molecule has 0 aliphatic heterocycles. The van der Waals surface area contributed by atoms with Crippen LogP contribution in [0.25, 0.3) is 32.7 Å². The highest BCUT2D eigenvalue weighted by atomic mass is 32.1. The molecule has 0 amide bonds. The van der Waals surface area contributed by atoms with Gasteiger partial charge in [0.15, 0.2) is 0 Å². The van der Waals surface area contributed by atoms with Crippen molar-refractivity contribution in [2.24, 2.45) is 0 Å². The topological polar surface area (TPSA) is 58.6 Å². The van der Waals surface area contributed by atoms with Gasteiger partial charge in [0.05, 0.1) is 5.39 Å². The number of aromatic amines is 1. The first-order valence-electron chi connectivity index (χ1n) is 8.89. The summed E-state index contributed by atoms with van der Waals surface area (Å²) in [4.78, 5) is 26.5. The van der Waals surface area contributed by atoms with Gasteiger partial charge in [-0.05, 0) is 35.6 Å². The van der Waals surface area contributed by atoms with E-state index in [1.165, 1.54) is 5.56 Å². The molecule has 0 saturated heterocycles. The monoisotopic (exact) mass is 375 g/mol. The fourth-order valence-corrected chi connectivity index (χ4v) is 4.29. The number of hydrogen-bond acceptors (Lipinski definition) is 4. The molecule has 1 N–H and O–H groups in total. The molecule has 0 unspecified atom stereocenters. The highest BCUT2D eigenvalue weighted by Crippen LogP contribution is 2.37. The van der Waals surface area contributed by atoms with Gasteiger partial charge in [-0.2, -0.15) is 0 Å². The summed E-state index contributed by atoms with van der Waals surface area (Å²) in [5, 5.41) is 0.661. The zero-order valence-corrected chi connectivity index (χ0v) is 16.6. The minimum atomic E-state index is -0.113. The number of fused-ring (bicyclic) bond motifs is 1. The van der Waals surface area contributed by atoms with Crippen LogP contribution in [0.4, 0.5) is 0 Å². The van der Waals surface area contributed by atoms with Crippen molar-refractivity contribution in [1.82, 2.24) is 15.0 Å². The summed E-state index contributed by atoms with van der Waals surface area (Å²) >= 11 is 1.55. The van der Waals surface area contributed by atoms with Crippen LogP contribution < -0.4 is 5.56 Å². The van der Waals surface area contributed by atoms with Gasteiger partial charge in [0.25, 0.3) is 5.56 Å². The lowest BCUT2D eigenvalue weighted by Gasteiger charge is -2.19. The molecule has 0 spiro atoms. The smallest absolute Gasteiger partial charge is 0.260 e. The Morgan fingerprint density at radius 2 is 1.78 bits per heavy atom. The summed E-state index contributed by atoms with van der Waals surface area (Å²) in [5.74, 6) is 0.552. The van der Waals surface area contributed by atoms with E-state index in [0.29, 0.717) is 11.2 Å². The lowest BCUT2D eigenvalue weighted by molar-refractivity contribution is 0.590. The molecule has 27 heavy (non-hydrogen) atoms. The van der Waals surface area contributed by atoms with Gasteiger partial charge in [-0.15, -0.1) is 11.3 Å². The number of nitrogens with one attached hydrogen (secondary N) is 1. The Balaban J connectivity index is 1.88. The number of thiophene rings is 1. The maximum absolute atomic E-state index is 12.9. The Kier molecular flexibility index (Phi) is 4.19.